The van der Waals surface area contributed by atoms with E-state index in [0.29, 0.717) is 6.54 Å². The van der Waals surface area contributed by atoms with E-state index in [1.807, 2.05) is 77.3 Å². The monoisotopic (exact) mass is 416 g/mol. The van der Waals surface area contributed by atoms with Crippen LogP contribution in [-0.4, -0.2) is 62.0 Å². The minimum atomic E-state index is -0.462. The van der Waals surface area contributed by atoms with Crippen molar-refractivity contribution in [2.75, 3.05) is 39.1 Å². The summed E-state index contributed by atoms with van der Waals surface area (Å²) >= 11 is 0. The fraction of sp³-hybridized carbons (Fsp3) is 0.591. The second-order valence-electron chi connectivity index (χ2n) is 8.66. The first-order valence-electron chi connectivity index (χ1n) is 10.5. The van der Waals surface area contributed by atoms with Crippen LogP contribution in [-0.2, 0) is 4.74 Å². The quantitative estimate of drug-likeness (QED) is 0.473. The van der Waals surface area contributed by atoms with E-state index in [0.717, 1.165) is 37.2 Å². The Morgan fingerprint density at radius 1 is 1.13 bits per heavy atom. The zero-order chi connectivity index (χ0) is 22.1. The number of carbonyl (C=O) groups excluding carboxylic acids is 1. The van der Waals surface area contributed by atoms with E-state index in [1.54, 1.807) is 0 Å². The van der Waals surface area contributed by atoms with Crippen molar-refractivity contribution in [2.45, 2.75) is 51.9 Å². The Kier molecular flexibility index (Phi) is 8.50. The van der Waals surface area contributed by atoms with Crippen LogP contribution in [0.2, 0.25) is 0 Å². The molecule has 0 aliphatic carbocycles. The first-order valence-corrected chi connectivity index (χ1v) is 10.5. The lowest BCUT2D eigenvalue weighted by atomic mass is 10.2. The maximum Gasteiger partial charge on any atom is 0.407 e. The number of unbranched alkanes of at least 4 members (excludes halogenated alkanes) is 2. The zero-order valence-electron chi connectivity index (χ0n) is 19.1. The van der Waals surface area contributed by atoms with Gasteiger partial charge < -0.3 is 24.8 Å². The average Bonchev–Trinajstić information content (AvgIpc) is 3.01. The van der Waals surface area contributed by atoms with Crippen LogP contribution < -0.4 is 10.2 Å². The van der Waals surface area contributed by atoms with Crippen LogP contribution in [0.25, 0.3) is 0 Å². The van der Waals surface area contributed by atoms with Crippen LogP contribution in [0.1, 0.15) is 40.0 Å². The molecule has 30 heavy (non-hydrogen) atoms. The predicted molar refractivity (Wildman–Crippen MR) is 121 cm³/mol. The van der Waals surface area contributed by atoms with Crippen LogP contribution in [0.3, 0.4) is 0 Å². The number of carbonyl (C=O) groups is 1. The Morgan fingerprint density at radius 2 is 1.83 bits per heavy atom. The highest BCUT2D eigenvalue weighted by Gasteiger charge is 2.22. The van der Waals surface area contributed by atoms with Crippen molar-refractivity contribution in [3.05, 3.63) is 36.7 Å². The van der Waals surface area contributed by atoms with Gasteiger partial charge >= 0.3 is 6.09 Å². The molecule has 1 aliphatic heterocycles. The van der Waals surface area contributed by atoms with Gasteiger partial charge in [-0.1, -0.05) is 0 Å². The normalized spacial score (nSPS) is 16.4. The van der Waals surface area contributed by atoms with Gasteiger partial charge in [-0.25, -0.2) is 4.79 Å². The van der Waals surface area contributed by atoms with Crippen LogP contribution in [0.5, 0.6) is 0 Å². The molecule has 1 amide bonds. The summed E-state index contributed by atoms with van der Waals surface area (Å²) in [6, 6.07) is 8.02. The van der Waals surface area contributed by atoms with Gasteiger partial charge in [0.25, 0.3) is 0 Å². The summed E-state index contributed by atoms with van der Waals surface area (Å²) in [5.41, 5.74) is 1.52. The first-order chi connectivity index (χ1) is 14.2. The summed E-state index contributed by atoms with van der Waals surface area (Å²) in [5.74, 6) is 0. The fourth-order valence-electron chi connectivity index (χ4n) is 2.95. The van der Waals surface area contributed by atoms with E-state index < -0.39 is 5.60 Å². The minimum Gasteiger partial charge on any atom is -0.444 e. The molecule has 2 rings (SSSR count). The molecule has 1 heterocycles. The van der Waals surface area contributed by atoms with Gasteiger partial charge in [0.2, 0.25) is 6.29 Å². The highest BCUT2D eigenvalue weighted by atomic mass is 16.6. The van der Waals surface area contributed by atoms with Crippen molar-refractivity contribution in [2.24, 2.45) is 10.2 Å². The molecule has 0 fully saturated rings. The Hall–Kier alpha value is -2.77. The molecule has 1 aromatic carbocycles. The number of nitrogens with zero attached hydrogens (tertiary/aromatic N) is 5. The number of anilines is 1. The van der Waals surface area contributed by atoms with Crippen LogP contribution in [0.15, 0.2) is 46.9 Å². The van der Waals surface area contributed by atoms with Gasteiger partial charge in [-0.05, 0) is 64.3 Å². The summed E-state index contributed by atoms with van der Waals surface area (Å²) in [4.78, 5) is 17.9. The second-order valence-corrected chi connectivity index (χ2v) is 8.66. The number of benzene rings is 1. The third-order valence-electron chi connectivity index (χ3n) is 4.56. The van der Waals surface area contributed by atoms with Crippen molar-refractivity contribution in [3.8, 4) is 0 Å². The standard InChI is InChI=1S/C22H36N6O2/c1-22(2,3)30-21(29)23-14-8-7-9-15-28-17-16-27(6)20(28)25-24-18-10-12-19(13-11-18)26(4)5/h10-13,16-17,20H,7-9,14-15H2,1-6H3,(H,23,29)/b25-24+. The summed E-state index contributed by atoms with van der Waals surface area (Å²) in [6.07, 6.45) is 6.53. The lowest BCUT2D eigenvalue weighted by Gasteiger charge is -2.25. The van der Waals surface area contributed by atoms with Crippen molar-refractivity contribution in [3.63, 3.8) is 0 Å². The van der Waals surface area contributed by atoms with Gasteiger partial charge in [-0.3, -0.25) is 0 Å². The Balaban J connectivity index is 1.72. The molecule has 1 aliphatic rings. The number of alkyl carbamates (subject to hydrolysis) is 1. The maximum atomic E-state index is 11.6. The van der Waals surface area contributed by atoms with E-state index in [-0.39, 0.29) is 12.4 Å². The van der Waals surface area contributed by atoms with E-state index in [2.05, 4.69) is 31.5 Å². The molecular weight excluding hydrogens is 380 g/mol. The summed E-state index contributed by atoms with van der Waals surface area (Å²) in [7, 11) is 6.03. The number of nitrogens with one attached hydrogen (secondary N) is 1. The molecule has 0 saturated heterocycles. The molecule has 0 saturated carbocycles. The van der Waals surface area contributed by atoms with Gasteiger partial charge in [-0.15, -0.1) is 5.11 Å². The van der Waals surface area contributed by atoms with E-state index in [4.69, 9.17) is 4.74 Å². The van der Waals surface area contributed by atoms with E-state index >= 15 is 0 Å². The number of hydrogen-bond acceptors (Lipinski definition) is 7. The molecule has 0 aromatic heterocycles. The van der Waals surface area contributed by atoms with Crippen molar-refractivity contribution in [1.82, 2.24) is 15.1 Å². The molecule has 1 unspecified atom stereocenters. The third-order valence-corrected chi connectivity index (χ3v) is 4.56. The molecule has 8 heteroatoms. The summed E-state index contributed by atoms with van der Waals surface area (Å²) in [6.45, 7) is 7.09. The topological polar surface area (TPSA) is 72.8 Å². The molecule has 1 atom stereocenters. The summed E-state index contributed by atoms with van der Waals surface area (Å²) in [5, 5.41) is 11.7. The highest BCUT2D eigenvalue weighted by molar-refractivity contribution is 5.67. The third kappa shape index (κ3) is 7.93. The number of ether oxygens (including phenoxy) is 1. The number of hydrogen-bond donors (Lipinski definition) is 1. The molecule has 8 nitrogen and oxygen atoms in total. The molecule has 0 spiro atoms. The van der Waals surface area contributed by atoms with Gasteiger partial charge in [0, 0.05) is 52.3 Å². The van der Waals surface area contributed by atoms with Crippen molar-refractivity contribution < 1.29 is 9.53 Å². The van der Waals surface area contributed by atoms with E-state index in [1.165, 1.54) is 0 Å². The zero-order valence-corrected chi connectivity index (χ0v) is 19.1. The Bertz CT molecular complexity index is 724. The Labute approximate surface area is 180 Å². The molecule has 1 N–H and O–H groups in total. The smallest absolute Gasteiger partial charge is 0.407 e. The minimum absolute atomic E-state index is 0.126. The predicted octanol–water partition coefficient (Wildman–Crippen LogP) is 4.53. The SMILES string of the molecule is CN(C)c1ccc(/N=N/C2N(C)C=CN2CCCCCNC(=O)OC(C)(C)C)cc1. The molecule has 0 bridgehead atoms. The maximum absolute atomic E-state index is 11.6. The van der Waals surface area contributed by atoms with Crippen molar-refractivity contribution in [1.29, 1.82) is 0 Å². The van der Waals surface area contributed by atoms with Gasteiger partial charge in [0.1, 0.15) is 5.60 Å². The molecule has 166 valence electrons. The van der Waals surface area contributed by atoms with Gasteiger partial charge in [0.05, 0.1) is 5.69 Å². The Morgan fingerprint density at radius 3 is 2.47 bits per heavy atom. The van der Waals surface area contributed by atoms with Crippen LogP contribution in [0, 0.1) is 0 Å². The summed E-state index contributed by atoms with van der Waals surface area (Å²) < 4.78 is 5.23. The van der Waals surface area contributed by atoms with Gasteiger partial charge in [-0.2, -0.15) is 5.11 Å². The second kappa shape index (κ2) is 10.8. The lowest BCUT2D eigenvalue weighted by molar-refractivity contribution is 0.0527. The van der Waals surface area contributed by atoms with Crippen molar-refractivity contribution >= 4 is 17.5 Å². The average molecular weight is 417 g/mol. The molecular formula is C22H36N6O2. The van der Waals surface area contributed by atoms with E-state index in [9.17, 15) is 4.79 Å². The highest BCUT2D eigenvalue weighted by Crippen LogP contribution is 2.22. The molecule has 0 radical (unpaired) electrons. The fourth-order valence-corrected chi connectivity index (χ4v) is 2.95. The van der Waals surface area contributed by atoms with Gasteiger partial charge in [0.15, 0.2) is 0 Å². The van der Waals surface area contributed by atoms with Crippen LogP contribution >= 0.6 is 0 Å². The number of amides is 1. The molecule has 1 aromatic rings. The number of azo groups is 1. The first kappa shape index (κ1) is 23.5. The largest absolute Gasteiger partial charge is 0.444 e. The number of rotatable bonds is 9. The lowest BCUT2D eigenvalue weighted by Crippen LogP contribution is -2.35. The van der Waals surface area contributed by atoms with Crippen LogP contribution in [0.4, 0.5) is 16.2 Å².